The van der Waals surface area contributed by atoms with Gasteiger partial charge in [-0.3, -0.25) is 4.79 Å². The number of piperazine rings is 1. The molecule has 1 saturated heterocycles. The van der Waals surface area contributed by atoms with Gasteiger partial charge in [0.05, 0.1) is 6.54 Å². The lowest BCUT2D eigenvalue weighted by Gasteiger charge is -2.45. The van der Waals surface area contributed by atoms with Gasteiger partial charge in [-0.1, -0.05) is 30.3 Å². The van der Waals surface area contributed by atoms with E-state index in [-0.39, 0.29) is 5.91 Å². The number of carbonyl (C=O) groups is 1. The van der Waals surface area contributed by atoms with E-state index in [0.29, 0.717) is 25.6 Å². The highest BCUT2D eigenvalue weighted by molar-refractivity contribution is 5.92. The molecule has 0 unspecified atom stereocenters. The molecule has 1 aromatic carbocycles. The van der Waals surface area contributed by atoms with Gasteiger partial charge in [0.25, 0.3) is 0 Å². The number of nitrogens with two attached hydrogens (primary N) is 1. The average Bonchev–Trinajstić information content (AvgIpc) is 2.43. The molecule has 0 atom stereocenters. The largest absolute Gasteiger partial charge is 0.370 e. The fraction of sp³-hybridized carbons (Fsp3) is 0.467. The monoisotopic (exact) mass is 274 g/mol. The van der Waals surface area contributed by atoms with Crippen LogP contribution < -0.4 is 5.73 Å². The molecule has 0 spiro atoms. The maximum absolute atomic E-state index is 12.2. The van der Waals surface area contributed by atoms with E-state index in [1.54, 1.807) is 4.90 Å². The Hall–Kier alpha value is -2.04. The third kappa shape index (κ3) is 2.76. The van der Waals surface area contributed by atoms with E-state index in [9.17, 15) is 4.79 Å². The summed E-state index contributed by atoms with van der Waals surface area (Å²) in [5.74, 6) is 0.502. The summed E-state index contributed by atoms with van der Waals surface area (Å²) in [6.07, 6.45) is 0. The Morgan fingerprint density at radius 1 is 1.30 bits per heavy atom. The van der Waals surface area contributed by atoms with Crippen molar-refractivity contribution in [2.24, 2.45) is 10.7 Å². The molecule has 5 nitrogen and oxygen atoms in total. The van der Waals surface area contributed by atoms with Gasteiger partial charge in [-0.05, 0) is 19.4 Å². The number of aliphatic imine (C=N–C) groups is 1. The summed E-state index contributed by atoms with van der Waals surface area (Å²) >= 11 is 0. The molecule has 2 rings (SSSR count). The van der Waals surface area contributed by atoms with Gasteiger partial charge in [0, 0.05) is 20.1 Å². The van der Waals surface area contributed by atoms with Crippen LogP contribution in [0.2, 0.25) is 0 Å². The van der Waals surface area contributed by atoms with Crippen LogP contribution in [0.5, 0.6) is 0 Å². The summed E-state index contributed by atoms with van der Waals surface area (Å²) in [4.78, 5) is 20.3. The number of nitrogens with zero attached hydrogens (tertiary/aromatic N) is 3. The van der Waals surface area contributed by atoms with Crippen LogP contribution in [0.25, 0.3) is 0 Å². The van der Waals surface area contributed by atoms with Gasteiger partial charge in [-0.15, -0.1) is 0 Å². The number of hydrogen-bond acceptors (Lipinski definition) is 2. The SMILES string of the molecule is CN1CCN(C(N)=NCc2ccccc2)C(C)(C)C1=O. The van der Waals surface area contributed by atoms with Crippen molar-refractivity contribution in [3.8, 4) is 0 Å². The molecule has 1 aromatic rings. The van der Waals surface area contributed by atoms with E-state index >= 15 is 0 Å². The van der Waals surface area contributed by atoms with Gasteiger partial charge >= 0.3 is 0 Å². The van der Waals surface area contributed by atoms with Crippen LogP contribution in [-0.4, -0.2) is 47.3 Å². The van der Waals surface area contributed by atoms with E-state index in [0.717, 1.165) is 5.56 Å². The van der Waals surface area contributed by atoms with Crippen molar-refractivity contribution in [3.63, 3.8) is 0 Å². The van der Waals surface area contributed by atoms with E-state index in [1.165, 1.54) is 0 Å². The number of amides is 1. The molecule has 1 aliphatic heterocycles. The molecule has 0 saturated carbocycles. The highest BCUT2D eigenvalue weighted by Crippen LogP contribution is 2.21. The number of benzene rings is 1. The van der Waals surface area contributed by atoms with Crippen molar-refractivity contribution in [2.45, 2.75) is 25.9 Å². The number of carbonyl (C=O) groups excluding carboxylic acids is 1. The van der Waals surface area contributed by atoms with Gasteiger partial charge in [0.15, 0.2) is 5.96 Å². The molecule has 1 heterocycles. The highest BCUT2D eigenvalue weighted by atomic mass is 16.2. The molecular formula is C15H22N4O. The summed E-state index contributed by atoms with van der Waals surface area (Å²) in [6, 6.07) is 9.95. The topological polar surface area (TPSA) is 61.9 Å². The van der Waals surface area contributed by atoms with Crippen LogP contribution in [0.15, 0.2) is 35.3 Å². The third-order valence-electron chi connectivity index (χ3n) is 3.75. The minimum Gasteiger partial charge on any atom is -0.370 e. The molecule has 0 aliphatic carbocycles. The van der Waals surface area contributed by atoms with Crippen LogP contribution in [0.4, 0.5) is 0 Å². The molecule has 20 heavy (non-hydrogen) atoms. The van der Waals surface area contributed by atoms with Crippen molar-refractivity contribution < 1.29 is 4.79 Å². The fourth-order valence-corrected chi connectivity index (χ4v) is 2.46. The summed E-state index contributed by atoms with van der Waals surface area (Å²) < 4.78 is 0. The van der Waals surface area contributed by atoms with Gasteiger partial charge in [0.1, 0.15) is 5.54 Å². The van der Waals surface area contributed by atoms with Gasteiger partial charge in [-0.25, -0.2) is 4.99 Å². The molecule has 108 valence electrons. The summed E-state index contributed by atoms with van der Waals surface area (Å²) in [5, 5.41) is 0. The zero-order valence-electron chi connectivity index (χ0n) is 12.3. The number of guanidine groups is 1. The molecule has 0 radical (unpaired) electrons. The Bertz CT molecular complexity index is 510. The van der Waals surface area contributed by atoms with E-state index in [4.69, 9.17) is 5.73 Å². The van der Waals surface area contributed by atoms with E-state index < -0.39 is 5.54 Å². The lowest BCUT2D eigenvalue weighted by molar-refractivity contribution is -0.143. The molecule has 0 aromatic heterocycles. The number of rotatable bonds is 2. The quantitative estimate of drug-likeness (QED) is 0.648. The van der Waals surface area contributed by atoms with Crippen molar-refractivity contribution in [1.29, 1.82) is 0 Å². The zero-order valence-corrected chi connectivity index (χ0v) is 12.3. The molecule has 1 fully saturated rings. The molecule has 1 amide bonds. The first-order valence-corrected chi connectivity index (χ1v) is 6.80. The Balaban J connectivity index is 2.12. The zero-order chi connectivity index (χ0) is 14.8. The minimum absolute atomic E-state index is 0.0709. The van der Waals surface area contributed by atoms with Crippen molar-refractivity contribution in [1.82, 2.24) is 9.80 Å². The van der Waals surface area contributed by atoms with Crippen LogP contribution in [-0.2, 0) is 11.3 Å². The predicted molar refractivity (Wildman–Crippen MR) is 80.2 cm³/mol. The standard InChI is InChI=1S/C15H22N4O/c1-15(2)13(20)18(3)9-10-19(15)14(16)17-11-12-7-5-4-6-8-12/h4-8H,9-11H2,1-3H3,(H2,16,17). The van der Waals surface area contributed by atoms with Crippen LogP contribution in [0.3, 0.4) is 0 Å². The summed E-state index contributed by atoms with van der Waals surface area (Å²) in [7, 11) is 1.82. The summed E-state index contributed by atoms with van der Waals surface area (Å²) in [6.45, 7) is 5.68. The van der Waals surface area contributed by atoms with Gasteiger partial charge in [0.2, 0.25) is 5.91 Å². The lowest BCUT2D eigenvalue weighted by atomic mass is 9.98. The first-order valence-electron chi connectivity index (χ1n) is 6.80. The van der Waals surface area contributed by atoms with Crippen LogP contribution in [0.1, 0.15) is 19.4 Å². The lowest BCUT2D eigenvalue weighted by Crippen LogP contribution is -2.65. The minimum atomic E-state index is -0.642. The van der Waals surface area contributed by atoms with Crippen molar-refractivity contribution >= 4 is 11.9 Å². The van der Waals surface area contributed by atoms with Crippen molar-refractivity contribution in [3.05, 3.63) is 35.9 Å². The maximum atomic E-state index is 12.2. The Morgan fingerprint density at radius 3 is 2.60 bits per heavy atom. The fourth-order valence-electron chi connectivity index (χ4n) is 2.46. The Morgan fingerprint density at radius 2 is 1.95 bits per heavy atom. The first-order chi connectivity index (χ1) is 9.43. The third-order valence-corrected chi connectivity index (χ3v) is 3.75. The van der Waals surface area contributed by atoms with Crippen molar-refractivity contribution in [2.75, 3.05) is 20.1 Å². The molecular weight excluding hydrogens is 252 g/mol. The van der Waals surface area contributed by atoms with Crippen LogP contribution in [0, 0.1) is 0 Å². The second-order valence-corrected chi connectivity index (χ2v) is 5.60. The molecule has 1 aliphatic rings. The van der Waals surface area contributed by atoms with Gasteiger partial charge < -0.3 is 15.5 Å². The van der Waals surface area contributed by atoms with E-state index in [2.05, 4.69) is 4.99 Å². The smallest absolute Gasteiger partial charge is 0.247 e. The predicted octanol–water partition coefficient (Wildman–Crippen LogP) is 1.05. The van der Waals surface area contributed by atoms with Gasteiger partial charge in [-0.2, -0.15) is 0 Å². The number of likely N-dealkylation sites (N-methyl/N-ethyl adjacent to an activating group) is 1. The Kier molecular flexibility index (Phi) is 3.97. The molecule has 2 N–H and O–H groups in total. The average molecular weight is 274 g/mol. The Labute approximate surface area is 120 Å². The highest BCUT2D eigenvalue weighted by Gasteiger charge is 2.41. The van der Waals surface area contributed by atoms with Crippen LogP contribution >= 0.6 is 0 Å². The maximum Gasteiger partial charge on any atom is 0.247 e. The normalized spacial score (nSPS) is 19.4. The second kappa shape index (κ2) is 5.53. The number of hydrogen-bond donors (Lipinski definition) is 1. The second-order valence-electron chi connectivity index (χ2n) is 5.60. The molecule has 5 heteroatoms. The first kappa shape index (κ1) is 14.4. The van der Waals surface area contributed by atoms with E-state index in [1.807, 2.05) is 56.1 Å². The molecule has 0 bridgehead atoms. The summed E-state index contributed by atoms with van der Waals surface area (Å²) in [5.41, 5.74) is 6.55.